The maximum Gasteiger partial charge on any atom is 0.264 e. The Morgan fingerprint density at radius 3 is 2.35 bits per heavy atom. The summed E-state index contributed by atoms with van der Waals surface area (Å²) in [5.74, 6) is 0.348. The summed E-state index contributed by atoms with van der Waals surface area (Å²) in [7, 11) is -0.710. The number of β-lactam (4-membered cyclic amide) rings is 1. The average molecular weight is 742 g/mol. The number of hydrogen-bond donors (Lipinski definition) is 1. The molecule has 5 atom stereocenters. The molecule has 2 amide bonds. The van der Waals surface area contributed by atoms with E-state index in [-0.39, 0.29) is 41.9 Å². The van der Waals surface area contributed by atoms with Crippen molar-refractivity contribution in [3.05, 3.63) is 132 Å². The Morgan fingerprint density at radius 2 is 1.70 bits per heavy atom. The standard InChI is InChI=1S/C43H47N5O5Si/c1-29-41(54(3,4)34-18-16-33(52-2)17-19-34)39(21-23-46-27-37(44-45-46)35(28-49)31-13-9-6-10-14-31)53-43(29)36-25-32(47-24-22-40(47)50)15-20-38(36)48(42(43)51)26-30-11-7-5-8-12-30/h5-20,25,27,29,35,39,41,49H,21-24,26,28H2,1-4H3/t29-,35?,39+,41-,43+/m0/s1. The third-order valence-electron chi connectivity index (χ3n) is 12.1. The van der Waals surface area contributed by atoms with Crippen LogP contribution in [0.1, 0.15) is 48.1 Å². The number of benzene rings is 4. The summed E-state index contributed by atoms with van der Waals surface area (Å²) in [4.78, 5) is 31.6. The Kier molecular flexibility index (Phi) is 9.49. The van der Waals surface area contributed by atoms with E-state index >= 15 is 4.79 Å². The number of carbonyl (C=O) groups excluding carboxylic acids is 2. The molecule has 5 aromatic rings. The Hall–Kier alpha value is -5.10. The van der Waals surface area contributed by atoms with E-state index in [0.717, 1.165) is 33.8 Å². The molecule has 2 saturated heterocycles. The Labute approximate surface area is 317 Å². The lowest BCUT2D eigenvalue weighted by molar-refractivity contribution is -0.146. The predicted molar refractivity (Wildman–Crippen MR) is 211 cm³/mol. The van der Waals surface area contributed by atoms with Gasteiger partial charge in [-0.3, -0.25) is 14.3 Å². The van der Waals surface area contributed by atoms with Gasteiger partial charge in [-0.05, 0) is 53.4 Å². The summed E-state index contributed by atoms with van der Waals surface area (Å²) in [6.45, 7) is 8.46. The van der Waals surface area contributed by atoms with Crippen LogP contribution in [0.3, 0.4) is 0 Å². The Balaban J connectivity index is 1.19. The fourth-order valence-electron chi connectivity index (χ4n) is 9.15. The molecule has 4 aromatic carbocycles. The minimum atomic E-state index is -2.39. The van der Waals surface area contributed by atoms with Gasteiger partial charge in [0.2, 0.25) is 5.91 Å². The number of methoxy groups -OCH3 is 1. The van der Waals surface area contributed by atoms with Crippen molar-refractivity contribution in [2.75, 3.05) is 30.1 Å². The molecule has 10 nitrogen and oxygen atoms in total. The van der Waals surface area contributed by atoms with Crippen molar-refractivity contribution < 1.29 is 24.2 Å². The molecule has 8 rings (SSSR count). The number of anilines is 2. The maximum atomic E-state index is 15.3. The predicted octanol–water partition coefficient (Wildman–Crippen LogP) is 6.00. The van der Waals surface area contributed by atoms with E-state index < -0.39 is 13.7 Å². The van der Waals surface area contributed by atoms with E-state index in [9.17, 15) is 9.90 Å². The largest absolute Gasteiger partial charge is 0.497 e. The van der Waals surface area contributed by atoms with Gasteiger partial charge in [0, 0.05) is 42.9 Å². The first kappa shape index (κ1) is 35.9. The van der Waals surface area contributed by atoms with E-state index in [1.807, 2.05) is 107 Å². The molecular weight excluding hydrogens is 695 g/mol. The van der Waals surface area contributed by atoms with Crippen LogP contribution in [0.25, 0.3) is 0 Å². The van der Waals surface area contributed by atoms with E-state index in [0.29, 0.717) is 38.2 Å². The number of nitrogens with zero attached hydrogens (tertiary/aromatic N) is 5. The van der Waals surface area contributed by atoms with Gasteiger partial charge in [-0.25, -0.2) is 0 Å². The van der Waals surface area contributed by atoms with Crippen molar-refractivity contribution in [1.82, 2.24) is 15.0 Å². The van der Waals surface area contributed by atoms with Crippen LogP contribution in [0, 0.1) is 5.92 Å². The van der Waals surface area contributed by atoms with Crippen LogP contribution in [0.2, 0.25) is 18.6 Å². The fourth-order valence-corrected chi connectivity index (χ4v) is 13.2. The van der Waals surface area contributed by atoms with Gasteiger partial charge in [0.1, 0.15) is 5.75 Å². The number of hydrogen-bond acceptors (Lipinski definition) is 7. The normalized spacial score (nSPS) is 22.8. The number of fused-ring (bicyclic) bond motifs is 2. The highest BCUT2D eigenvalue weighted by atomic mass is 28.3. The molecule has 3 aliphatic rings. The minimum absolute atomic E-state index is 0.0335. The molecule has 1 aromatic heterocycles. The van der Waals surface area contributed by atoms with Crippen molar-refractivity contribution >= 4 is 36.4 Å². The van der Waals surface area contributed by atoms with Crippen molar-refractivity contribution in [3.8, 4) is 5.75 Å². The summed E-state index contributed by atoms with van der Waals surface area (Å²) in [5.41, 5.74) is 3.95. The van der Waals surface area contributed by atoms with E-state index in [1.54, 1.807) is 12.0 Å². The molecule has 1 unspecified atom stereocenters. The summed E-state index contributed by atoms with van der Waals surface area (Å²) >= 11 is 0. The Morgan fingerprint density at radius 1 is 0.981 bits per heavy atom. The number of aliphatic hydroxyl groups is 1. The molecule has 1 spiro atoms. The zero-order valence-electron chi connectivity index (χ0n) is 31.3. The number of aliphatic hydroxyl groups excluding tert-OH is 1. The highest BCUT2D eigenvalue weighted by molar-refractivity contribution is 6.91. The van der Waals surface area contributed by atoms with Crippen molar-refractivity contribution in [2.45, 2.75) is 69.1 Å². The second-order valence-electron chi connectivity index (χ2n) is 15.4. The zero-order valence-corrected chi connectivity index (χ0v) is 32.3. The van der Waals surface area contributed by atoms with Gasteiger partial charge in [0.25, 0.3) is 5.91 Å². The number of ether oxygens (including phenoxy) is 2. The second-order valence-corrected chi connectivity index (χ2v) is 20.1. The highest BCUT2D eigenvalue weighted by Gasteiger charge is 2.66. The van der Waals surface area contributed by atoms with Gasteiger partial charge in [0.05, 0.1) is 51.7 Å². The van der Waals surface area contributed by atoms with Crippen LogP contribution in [-0.4, -0.2) is 66.4 Å². The molecule has 0 aliphatic carbocycles. The minimum Gasteiger partial charge on any atom is -0.497 e. The monoisotopic (exact) mass is 741 g/mol. The summed E-state index contributed by atoms with van der Waals surface area (Å²) in [5, 5.41) is 20.5. The number of aromatic nitrogens is 3. The average Bonchev–Trinajstić information content (AvgIpc) is 3.84. The first-order chi connectivity index (χ1) is 26.1. The number of carbonyl (C=O) groups is 2. The molecule has 4 heterocycles. The SMILES string of the molecule is COc1ccc([Si](C)(C)[C@@H]2[C@@H](CCn3cc(C(CO)c4ccccc4)nn3)O[C@]3(C(=O)N(Cc4ccccc4)c4ccc(N5CCC5=O)cc43)[C@H]2C)cc1. The lowest BCUT2D eigenvalue weighted by atomic mass is 9.82. The quantitative estimate of drug-likeness (QED) is 0.123. The third-order valence-corrected chi connectivity index (χ3v) is 16.5. The third kappa shape index (κ3) is 6.04. The Bertz CT molecular complexity index is 2140. The molecule has 0 bridgehead atoms. The first-order valence-corrected chi connectivity index (χ1v) is 21.9. The highest BCUT2D eigenvalue weighted by Crippen LogP contribution is 2.60. The van der Waals surface area contributed by atoms with Gasteiger partial charge in [-0.1, -0.05) is 103 Å². The number of amides is 2. The summed E-state index contributed by atoms with van der Waals surface area (Å²) in [6, 6.07) is 34.3. The molecule has 0 saturated carbocycles. The van der Waals surface area contributed by atoms with E-state index in [2.05, 4.69) is 42.5 Å². The lowest BCUT2D eigenvalue weighted by Gasteiger charge is -2.37. The second kappa shape index (κ2) is 14.3. The molecule has 11 heteroatoms. The molecular formula is C43H47N5O5Si. The van der Waals surface area contributed by atoms with Crippen LogP contribution >= 0.6 is 0 Å². The van der Waals surface area contributed by atoms with Crippen molar-refractivity contribution in [1.29, 1.82) is 0 Å². The summed E-state index contributed by atoms with van der Waals surface area (Å²) in [6.07, 6.45) is 2.75. The number of aryl methyl sites for hydroxylation is 1. The van der Waals surface area contributed by atoms with Crippen molar-refractivity contribution in [2.24, 2.45) is 5.92 Å². The van der Waals surface area contributed by atoms with Gasteiger partial charge < -0.3 is 24.4 Å². The molecule has 0 radical (unpaired) electrons. The van der Waals surface area contributed by atoms with E-state index in [4.69, 9.17) is 9.47 Å². The van der Waals surface area contributed by atoms with Crippen molar-refractivity contribution in [3.63, 3.8) is 0 Å². The topological polar surface area (TPSA) is 110 Å². The molecule has 278 valence electrons. The maximum absolute atomic E-state index is 15.3. The van der Waals surface area contributed by atoms with Crippen LogP contribution in [0.5, 0.6) is 5.75 Å². The molecule has 1 N–H and O–H groups in total. The van der Waals surface area contributed by atoms with Crippen LogP contribution < -0.4 is 19.7 Å². The van der Waals surface area contributed by atoms with Gasteiger partial charge >= 0.3 is 0 Å². The van der Waals surface area contributed by atoms with E-state index in [1.165, 1.54) is 5.19 Å². The summed E-state index contributed by atoms with van der Waals surface area (Å²) < 4.78 is 14.7. The van der Waals surface area contributed by atoms with Crippen LogP contribution in [0.15, 0.2) is 109 Å². The van der Waals surface area contributed by atoms with Crippen LogP contribution in [0.4, 0.5) is 11.4 Å². The smallest absolute Gasteiger partial charge is 0.264 e. The molecule has 2 fully saturated rings. The van der Waals surface area contributed by atoms with Gasteiger partial charge in [0.15, 0.2) is 5.60 Å². The molecule has 54 heavy (non-hydrogen) atoms. The number of rotatable bonds is 12. The first-order valence-electron chi connectivity index (χ1n) is 18.8. The fraction of sp³-hybridized carbons (Fsp3) is 0.349. The zero-order chi connectivity index (χ0) is 37.6. The van der Waals surface area contributed by atoms with Crippen LogP contribution in [-0.2, 0) is 33.0 Å². The molecule has 3 aliphatic heterocycles. The van der Waals surface area contributed by atoms with Gasteiger partial charge in [-0.2, -0.15) is 0 Å². The lowest BCUT2D eigenvalue weighted by Crippen LogP contribution is -2.51. The van der Waals surface area contributed by atoms with Gasteiger partial charge in [-0.15, -0.1) is 5.10 Å².